The topological polar surface area (TPSA) is 37.3 Å². The molecule has 1 atom stereocenters. The molecule has 30 heavy (non-hydrogen) atoms. The van der Waals surface area contributed by atoms with Crippen LogP contribution in [0, 0.1) is 3.57 Å². The average Bonchev–Trinajstić information content (AvgIpc) is 3.04. The molecule has 0 saturated heterocycles. The Balaban J connectivity index is 1.68. The van der Waals surface area contributed by atoms with E-state index in [-0.39, 0.29) is 11.5 Å². The summed E-state index contributed by atoms with van der Waals surface area (Å²) in [6.07, 6.45) is 0. The van der Waals surface area contributed by atoms with Crippen molar-refractivity contribution in [1.82, 2.24) is 0 Å². The largest absolute Gasteiger partial charge is 0.508 e. The maximum absolute atomic E-state index is 13.1. The molecule has 0 aliphatic carbocycles. The zero-order chi connectivity index (χ0) is 20.9. The van der Waals surface area contributed by atoms with Crippen molar-refractivity contribution in [2.24, 2.45) is 0 Å². The summed E-state index contributed by atoms with van der Waals surface area (Å²) in [7, 11) is -1.57. The molecule has 1 heterocycles. The first-order valence-corrected chi connectivity index (χ1v) is 13.9. The van der Waals surface area contributed by atoms with E-state index in [1.807, 2.05) is 18.2 Å². The van der Waals surface area contributed by atoms with Gasteiger partial charge in [-0.15, -0.1) is 0 Å². The third-order valence-corrected chi connectivity index (χ3v) is 12.1. The van der Waals surface area contributed by atoms with Crippen molar-refractivity contribution in [3.63, 3.8) is 0 Å². The molecule has 0 saturated carbocycles. The molecule has 1 aliphatic heterocycles. The number of hydrogen-bond acceptors (Lipinski definition) is 2. The molecule has 0 radical (unpaired) electrons. The van der Waals surface area contributed by atoms with Crippen LogP contribution >= 0.6 is 45.9 Å². The van der Waals surface area contributed by atoms with Crippen LogP contribution in [-0.2, 0) is 0 Å². The van der Waals surface area contributed by atoms with Gasteiger partial charge in [0.25, 0.3) is 0 Å². The number of hydrogen-bond donors (Lipinski definition) is 1. The van der Waals surface area contributed by atoms with Crippen molar-refractivity contribution in [1.29, 1.82) is 0 Å². The van der Waals surface area contributed by atoms with Crippen molar-refractivity contribution < 1.29 is 9.90 Å². The van der Waals surface area contributed by atoms with Crippen LogP contribution in [-0.4, -0.2) is 10.9 Å². The fourth-order valence-electron chi connectivity index (χ4n) is 3.84. The summed E-state index contributed by atoms with van der Waals surface area (Å²) < 4.78 is 1.20. The highest BCUT2D eigenvalue weighted by atomic mass is 127. The minimum atomic E-state index is -1.57. The number of phenolic OH excluding ortho intramolecular Hbond substituents is 1. The first kappa shape index (κ1) is 19.8. The van der Waals surface area contributed by atoms with E-state index in [2.05, 4.69) is 85.9 Å². The molecule has 148 valence electrons. The van der Waals surface area contributed by atoms with Gasteiger partial charge in [-0.2, -0.15) is 0 Å². The number of rotatable bonds is 3. The summed E-state index contributed by atoms with van der Waals surface area (Å²) in [5.41, 5.74) is 3.47. The summed E-state index contributed by atoms with van der Waals surface area (Å²) in [5.74, 6) is 0.103. The van der Waals surface area contributed by atoms with Crippen LogP contribution in [0.2, 0.25) is 0 Å². The lowest BCUT2D eigenvalue weighted by Crippen LogP contribution is -2.01. The number of aromatic hydroxyl groups is 1. The summed E-state index contributed by atoms with van der Waals surface area (Å²) >= 11 is 6.48. The van der Waals surface area contributed by atoms with Crippen LogP contribution in [0.4, 0.5) is 0 Å². The molecule has 4 aromatic carbocycles. The number of carbonyl (C=O) groups is 1. The quantitative estimate of drug-likeness (QED) is 0.196. The molecule has 1 unspecified atom stereocenters. The van der Waals surface area contributed by atoms with E-state index in [4.69, 9.17) is 0 Å². The van der Waals surface area contributed by atoms with Gasteiger partial charge in [0.05, 0.1) is 0 Å². The van der Waals surface area contributed by atoms with Crippen LogP contribution in [0.3, 0.4) is 0 Å². The van der Waals surface area contributed by atoms with Crippen molar-refractivity contribution in [2.75, 3.05) is 0 Å². The van der Waals surface area contributed by atoms with Gasteiger partial charge in [-0.05, 0) is 121 Å². The standard InChI is InChI=1S/C25H16BrIO2S/c26-30(20-12-8-18(27)9-13-20)23-4-2-1-3-21(23)22-15-17(7-14-24(22)30)25(29)16-5-10-19(28)11-6-16/h1-15,28H. The lowest BCUT2D eigenvalue weighted by atomic mass is 9.98. The van der Waals surface area contributed by atoms with Crippen LogP contribution in [0.15, 0.2) is 106 Å². The summed E-state index contributed by atoms with van der Waals surface area (Å²) in [6, 6.07) is 29.5. The van der Waals surface area contributed by atoms with Gasteiger partial charge in [0.1, 0.15) is 5.75 Å². The second-order valence-corrected chi connectivity index (χ2v) is 13.7. The SMILES string of the molecule is O=C(c1ccc(O)cc1)c1ccc2c(c1)-c1ccccc1S2(Br)c1ccc(I)cc1. The number of ketones is 1. The molecule has 2 nitrogen and oxygen atoms in total. The maximum atomic E-state index is 13.1. The van der Waals surface area contributed by atoms with Crippen molar-refractivity contribution in [3.8, 4) is 16.9 Å². The Morgan fingerprint density at radius 3 is 2.13 bits per heavy atom. The first-order valence-electron chi connectivity index (χ1n) is 9.34. The molecule has 0 bridgehead atoms. The van der Waals surface area contributed by atoms with E-state index in [0.29, 0.717) is 11.1 Å². The Hall–Kier alpha value is -2.09. The van der Waals surface area contributed by atoms with Crippen LogP contribution in [0.25, 0.3) is 11.1 Å². The van der Waals surface area contributed by atoms with E-state index < -0.39 is 8.46 Å². The molecule has 0 amide bonds. The number of carbonyl (C=O) groups excluding carboxylic acids is 1. The third-order valence-electron chi connectivity index (χ3n) is 5.29. The van der Waals surface area contributed by atoms with Gasteiger partial charge in [-0.1, -0.05) is 26.7 Å². The van der Waals surface area contributed by atoms with E-state index in [1.165, 1.54) is 23.8 Å². The fourth-order valence-corrected chi connectivity index (χ4v) is 9.27. The smallest absolute Gasteiger partial charge is 0.193 e. The Morgan fingerprint density at radius 1 is 0.767 bits per heavy atom. The Kier molecular flexibility index (Phi) is 5.00. The molecular weight excluding hydrogens is 571 g/mol. The predicted octanol–water partition coefficient (Wildman–Crippen LogP) is 7.80. The second kappa shape index (κ2) is 7.55. The van der Waals surface area contributed by atoms with Crippen LogP contribution < -0.4 is 0 Å². The van der Waals surface area contributed by atoms with E-state index in [0.717, 1.165) is 5.56 Å². The number of fused-ring (bicyclic) bond motifs is 3. The Bertz CT molecular complexity index is 1290. The molecule has 5 rings (SSSR count). The van der Waals surface area contributed by atoms with Gasteiger partial charge in [0.2, 0.25) is 0 Å². The highest BCUT2D eigenvalue weighted by Crippen LogP contribution is 2.80. The molecule has 4 aromatic rings. The highest BCUT2D eigenvalue weighted by molar-refractivity contribution is 14.1. The van der Waals surface area contributed by atoms with E-state index in [9.17, 15) is 9.90 Å². The van der Waals surface area contributed by atoms with E-state index in [1.54, 1.807) is 24.3 Å². The zero-order valence-electron chi connectivity index (χ0n) is 15.7. The van der Waals surface area contributed by atoms with Gasteiger partial charge in [0, 0.05) is 29.4 Å². The minimum Gasteiger partial charge on any atom is -0.508 e. The Morgan fingerprint density at radius 2 is 1.40 bits per heavy atom. The molecule has 1 N–H and O–H groups in total. The molecular formula is C25H16BrIO2S. The lowest BCUT2D eigenvalue weighted by Gasteiger charge is -2.31. The first-order chi connectivity index (χ1) is 14.5. The Labute approximate surface area is 197 Å². The number of benzene rings is 4. The lowest BCUT2D eigenvalue weighted by molar-refractivity contribution is 0.103. The molecule has 0 spiro atoms. The number of halogens is 2. The van der Waals surface area contributed by atoms with Crippen molar-refractivity contribution in [3.05, 3.63) is 106 Å². The van der Waals surface area contributed by atoms with Gasteiger partial charge in [-0.3, -0.25) is 4.79 Å². The average molecular weight is 587 g/mol. The van der Waals surface area contributed by atoms with Crippen LogP contribution in [0.1, 0.15) is 15.9 Å². The van der Waals surface area contributed by atoms with Crippen molar-refractivity contribution in [2.45, 2.75) is 14.7 Å². The predicted molar refractivity (Wildman–Crippen MR) is 134 cm³/mol. The van der Waals surface area contributed by atoms with E-state index >= 15 is 0 Å². The highest BCUT2D eigenvalue weighted by Gasteiger charge is 2.38. The van der Waals surface area contributed by atoms with Gasteiger partial charge >= 0.3 is 0 Å². The monoisotopic (exact) mass is 586 g/mol. The maximum Gasteiger partial charge on any atom is 0.193 e. The summed E-state index contributed by atoms with van der Waals surface area (Å²) in [5, 5.41) is 9.51. The van der Waals surface area contributed by atoms with Crippen LogP contribution in [0.5, 0.6) is 5.75 Å². The molecule has 1 aliphatic rings. The zero-order valence-corrected chi connectivity index (χ0v) is 20.2. The third kappa shape index (κ3) is 3.11. The summed E-state index contributed by atoms with van der Waals surface area (Å²) in [4.78, 5) is 16.8. The molecule has 5 heteroatoms. The normalized spacial score (nSPS) is 18.9. The van der Waals surface area contributed by atoms with Gasteiger partial charge in [-0.25, -0.2) is 0 Å². The molecule has 0 aromatic heterocycles. The second-order valence-electron chi connectivity index (χ2n) is 7.07. The van der Waals surface area contributed by atoms with Crippen molar-refractivity contribution >= 4 is 51.6 Å². The van der Waals surface area contributed by atoms with Gasteiger partial charge in [0.15, 0.2) is 5.78 Å². The minimum absolute atomic E-state index is 0.0494. The fraction of sp³-hybridized carbons (Fsp3) is 0. The summed E-state index contributed by atoms with van der Waals surface area (Å²) in [6.45, 7) is 0. The molecule has 0 fully saturated rings. The number of phenols is 1. The van der Waals surface area contributed by atoms with Gasteiger partial charge < -0.3 is 5.11 Å².